The van der Waals surface area contributed by atoms with Crippen LogP contribution < -0.4 is 11.5 Å². The van der Waals surface area contributed by atoms with Gasteiger partial charge in [0.15, 0.2) is 0 Å². The van der Waals surface area contributed by atoms with Crippen molar-refractivity contribution in [3.8, 4) is 0 Å². The van der Waals surface area contributed by atoms with Crippen molar-refractivity contribution < 1.29 is 0 Å². The van der Waals surface area contributed by atoms with Gasteiger partial charge in [-0.15, -0.1) is 11.8 Å². The molecule has 3 heteroatoms. The molecule has 0 aliphatic carbocycles. The molecule has 0 unspecified atom stereocenters. The molecule has 0 radical (unpaired) electrons. The standard InChI is InChI=1S/C10H15N.C7H9NS/c1-2-3-5-9-6-4-7-10(11)8-9;1-9-7-5-3-2-4-6(7)8/h4,6-8H,2-3,5,11H2,1H3;2-5H,8H2,1H3. The number of nitrogens with two attached hydrogens (primary N) is 2. The second-order valence-electron chi connectivity index (χ2n) is 4.59. The molecule has 108 valence electrons. The SMILES string of the molecule is CCCCc1cccc(N)c1.CSc1ccccc1N. The molecule has 2 aromatic carbocycles. The minimum atomic E-state index is 0.866. The fraction of sp³-hybridized carbons (Fsp3) is 0.294. The summed E-state index contributed by atoms with van der Waals surface area (Å²) in [6.07, 6.45) is 5.67. The lowest BCUT2D eigenvalue weighted by molar-refractivity contribution is 0.795. The average Bonchev–Trinajstić information content (AvgIpc) is 2.46. The zero-order valence-electron chi connectivity index (χ0n) is 12.3. The van der Waals surface area contributed by atoms with Crippen LogP contribution in [-0.4, -0.2) is 6.26 Å². The van der Waals surface area contributed by atoms with Gasteiger partial charge >= 0.3 is 0 Å². The Morgan fingerprint density at radius 2 is 1.75 bits per heavy atom. The quantitative estimate of drug-likeness (QED) is 0.638. The van der Waals surface area contributed by atoms with Gasteiger partial charge in [-0.05, 0) is 48.9 Å². The molecule has 0 amide bonds. The van der Waals surface area contributed by atoms with Crippen LogP contribution in [0.25, 0.3) is 0 Å². The molecule has 0 bridgehead atoms. The average molecular weight is 288 g/mol. The van der Waals surface area contributed by atoms with Crippen molar-refractivity contribution in [3.05, 3.63) is 54.1 Å². The third-order valence-corrected chi connectivity index (χ3v) is 3.72. The van der Waals surface area contributed by atoms with Crippen LogP contribution in [0, 0.1) is 0 Å². The van der Waals surface area contributed by atoms with Gasteiger partial charge in [-0.1, -0.05) is 37.6 Å². The van der Waals surface area contributed by atoms with Gasteiger partial charge in [-0.2, -0.15) is 0 Å². The maximum absolute atomic E-state index is 5.63. The summed E-state index contributed by atoms with van der Waals surface area (Å²) < 4.78 is 0. The van der Waals surface area contributed by atoms with Gasteiger partial charge in [0, 0.05) is 16.3 Å². The van der Waals surface area contributed by atoms with Crippen LogP contribution in [-0.2, 0) is 6.42 Å². The van der Waals surface area contributed by atoms with E-state index in [-0.39, 0.29) is 0 Å². The molecule has 0 saturated carbocycles. The maximum Gasteiger partial charge on any atom is 0.0452 e. The normalized spacial score (nSPS) is 9.70. The third-order valence-electron chi connectivity index (χ3n) is 2.91. The Bertz CT molecular complexity index is 512. The molecule has 0 aromatic heterocycles. The van der Waals surface area contributed by atoms with Crippen molar-refractivity contribution in [1.29, 1.82) is 0 Å². The highest BCUT2D eigenvalue weighted by molar-refractivity contribution is 7.98. The summed E-state index contributed by atoms with van der Waals surface area (Å²) in [4.78, 5) is 1.15. The van der Waals surface area contributed by atoms with Crippen LogP contribution in [0.3, 0.4) is 0 Å². The predicted molar refractivity (Wildman–Crippen MR) is 92.1 cm³/mol. The van der Waals surface area contributed by atoms with Gasteiger partial charge in [0.25, 0.3) is 0 Å². The highest BCUT2D eigenvalue weighted by atomic mass is 32.2. The first-order valence-corrected chi connectivity index (χ1v) is 8.12. The van der Waals surface area contributed by atoms with Crippen LogP contribution in [0.5, 0.6) is 0 Å². The van der Waals surface area contributed by atoms with Gasteiger partial charge in [-0.25, -0.2) is 0 Å². The van der Waals surface area contributed by atoms with Gasteiger partial charge in [-0.3, -0.25) is 0 Å². The number of unbranched alkanes of at least 4 members (excludes halogenated alkanes) is 1. The zero-order valence-corrected chi connectivity index (χ0v) is 13.1. The van der Waals surface area contributed by atoms with E-state index in [1.54, 1.807) is 11.8 Å². The van der Waals surface area contributed by atoms with Crippen molar-refractivity contribution >= 4 is 23.1 Å². The van der Waals surface area contributed by atoms with E-state index in [0.29, 0.717) is 0 Å². The van der Waals surface area contributed by atoms with Gasteiger partial charge < -0.3 is 11.5 Å². The number of anilines is 2. The lowest BCUT2D eigenvalue weighted by atomic mass is 10.1. The van der Waals surface area contributed by atoms with E-state index >= 15 is 0 Å². The van der Waals surface area contributed by atoms with E-state index in [4.69, 9.17) is 11.5 Å². The number of hydrogen-bond donors (Lipinski definition) is 2. The second kappa shape index (κ2) is 9.32. The molecule has 0 aliphatic heterocycles. The summed E-state index contributed by atoms with van der Waals surface area (Å²) in [5, 5.41) is 0. The molecule has 0 spiro atoms. The van der Waals surface area contributed by atoms with Crippen LogP contribution in [0.15, 0.2) is 53.4 Å². The molecule has 2 aromatic rings. The van der Waals surface area contributed by atoms with Crippen molar-refractivity contribution in [2.75, 3.05) is 17.7 Å². The first kappa shape index (κ1) is 16.4. The molecule has 0 aliphatic rings. The Balaban J connectivity index is 0.000000204. The number of thioether (sulfide) groups is 1. The number of rotatable bonds is 4. The minimum Gasteiger partial charge on any atom is -0.399 e. The van der Waals surface area contributed by atoms with Crippen molar-refractivity contribution in [2.45, 2.75) is 31.1 Å². The van der Waals surface area contributed by atoms with Crippen LogP contribution in [0.1, 0.15) is 25.3 Å². The van der Waals surface area contributed by atoms with E-state index in [1.165, 1.54) is 18.4 Å². The highest BCUT2D eigenvalue weighted by Gasteiger charge is 1.91. The molecule has 20 heavy (non-hydrogen) atoms. The second-order valence-corrected chi connectivity index (χ2v) is 5.44. The Morgan fingerprint density at radius 3 is 2.30 bits per heavy atom. The molecule has 4 N–H and O–H groups in total. The summed E-state index contributed by atoms with van der Waals surface area (Å²) in [7, 11) is 0. The van der Waals surface area contributed by atoms with Crippen LogP contribution >= 0.6 is 11.8 Å². The topological polar surface area (TPSA) is 52.0 Å². The Hall–Kier alpha value is -1.61. The van der Waals surface area contributed by atoms with Crippen LogP contribution in [0.2, 0.25) is 0 Å². The number of para-hydroxylation sites is 1. The molecule has 0 heterocycles. The number of nitrogen functional groups attached to an aromatic ring is 2. The summed E-state index contributed by atoms with van der Waals surface area (Å²) in [5.74, 6) is 0. The van der Waals surface area contributed by atoms with Crippen molar-refractivity contribution in [3.63, 3.8) is 0 Å². The largest absolute Gasteiger partial charge is 0.399 e. The summed E-state index contributed by atoms with van der Waals surface area (Å²) in [5.41, 5.74) is 14.3. The van der Waals surface area contributed by atoms with Gasteiger partial charge in [0.2, 0.25) is 0 Å². The van der Waals surface area contributed by atoms with E-state index < -0.39 is 0 Å². The summed E-state index contributed by atoms with van der Waals surface area (Å²) >= 11 is 1.67. The maximum atomic E-state index is 5.63. The van der Waals surface area contributed by atoms with Gasteiger partial charge in [0.05, 0.1) is 0 Å². The minimum absolute atomic E-state index is 0.866. The molecule has 2 rings (SSSR count). The molecule has 0 atom stereocenters. The molecule has 2 nitrogen and oxygen atoms in total. The lowest BCUT2D eigenvalue weighted by Crippen LogP contribution is -1.88. The van der Waals surface area contributed by atoms with Crippen molar-refractivity contribution in [1.82, 2.24) is 0 Å². The van der Waals surface area contributed by atoms with Crippen molar-refractivity contribution in [2.24, 2.45) is 0 Å². The molecule has 0 saturated heterocycles. The van der Waals surface area contributed by atoms with Gasteiger partial charge in [0.1, 0.15) is 0 Å². The first-order valence-electron chi connectivity index (χ1n) is 6.90. The van der Waals surface area contributed by atoms with Crippen LogP contribution in [0.4, 0.5) is 11.4 Å². The first-order chi connectivity index (χ1) is 9.67. The number of hydrogen-bond acceptors (Lipinski definition) is 3. The number of benzene rings is 2. The van der Waals surface area contributed by atoms with E-state index in [0.717, 1.165) is 22.7 Å². The third kappa shape index (κ3) is 6.02. The smallest absolute Gasteiger partial charge is 0.0452 e. The zero-order chi connectivity index (χ0) is 14.8. The predicted octanol–water partition coefficient (Wildman–Crippen LogP) is 4.60. The summed E-state index contributed by atoms with van der Waals surface area (Å²) in [6.45, 7) is 2.20. The fourth-order valence-electron chi connectivity index (χ4n) is 1.80. The lowest BCUT2D eigenvalue weighted by Gasteiger charge is -1.99. The highest BCUT2D eigenvalue weighted by Crippen LogP contribution is 2.20. The molecular weight excluding hydrogens is 264 g/mol. The monoisotopic (exact) mass is 288 g/mol. The van der Waals surface area contributed by atoms with E-state index in [2.05, 4.69) is 19.1 Å². The van der Waals surface area contributed by atoms with E-state index in [9.17, 15) is 0 Å². The fourth-order valence-corrected chi connectivity index (χ4v) is 2.31. The Kier molecular flexibility index (Phi) is 7.66. The van der Waals surface area contributed by atoms with E-state index in [1.807, 2.05) is 42.7 Å². The number of aryl methyl sites for hydroxylation is 1. The molecule has 0 fully saturated rings. The Labute approximate surface area is 126 Å². The summed E-state index contributed by atoms with van der Waals surface area (Å²) in [6, 6.07) is 16.0. The molecular formula is C17H24N2S. The Morgan fingerprint density at radius 1 is 1.00 bits per heavy atom.